The van der Waals surface area contributed by atoms with Crippen LogP contribution in [-0.4, -0.2) is 21.7 Å². The molecule has 2 aromatic carbocycles. The van der Waals surface area contributed by atoms with Crippen LogP contribution in [0.25, 0.3) is 27.9 Å². The van der Waals surface area contributed by atoms with E-state index in [1.54, 1.807) is 59.9 Å². The molecule has 0 aliphatic carbocycles. The number of fused-ring (bicyclic) bond motifs is 2. The summed E-state index contributed by atoms with van der Waals surface area (Å²) >= 11 is 5.68. The van der Waals surface area contributed by atoms with Crippen LogP contribution in [0.2, 0.25) is 5.02 Å². The van der Waals surface area contributed by atoms with Crippen molar-refractivity contribution in [3.05, 3.63) is 76.6 Å². The fourth-order valence-electron chi connectivity index (χ4n) is 3.25. The third-order valence-corrected chi connectivity index (χ3v) is 5.08. The summed E-state index contributed by atoms with van der Waals surface area (Å²) in [6.07, 6.45) is 6.05. The molecule has 4 aromatic rings. The van der Waals surface area contributed by atoms with Crippen LogP contribution >= 0.6 is 11.6 Å². The molecule has 7 heteroatoms. The quantitative estimate of drug-likeness (QED) is 0.412. The first-order chi connectivity index (χ1) is 13.8. The van der Waals surface area contributed by atoms with Crippen LogP contribution in [0.4, 0.5) is 8.78 Å². The molecule has 0 aliphatic heterocycles. The van der Waals surface area contributed by atoms with E-state index < -0.39 is 11.6 Å². The first kappa shape index (κ1) is 20.5. The Kier molecular flexibility index (Phi) is 5.66. The summed E-state index contributed by atoms with van der Waals surface area (Å²) in [6, 6.07) is 6.76. The van der Waals surface area contributed by atoms with Crippen LogP contribution in [0.15, 0.2) is 43.2 Å². The van der Waals surface area contributed by atoms with E-state index >= 15 is 0 Å². The number of halogens is 3. The number of nitrogens with zero attached hydrogens (tertiary/aromatic N) is 2. The van der Waals surface area contributed by atoms with E-state index in [2.05, 4.69) is 6.58 Å². The standard InChI is InChI=1S/C12H10FNO.C10H7ClFNO/c1-3-10-9(7-15)6-8-4-5-14(2)12(8)11(10)13;1-13-3-2-6-4-7(5-14)8(11)9(12)10(6)13/h3-7H,1H2,2H3;2-5H,1H3. The SMILES string of the molecule is C=Cc1c(C=O)cc2ccn(C)c2c1F.Cn1ccc2cc(C=O)c(Cl)c(F)c21. The van der Waals surface area contributed by atoms with Crippen LogP contribution in [-0.2, 0) is 14.1 Å². The smallest absolute Gasteiger partial charge is 0.166 e. The zero-order valence-corrected chi connectivity index (χ0v) is 16.5. The Hall–Kier alpha value is -3.25. The molecule has 0 spiro atoms. The molecule has 4 rings (SSSR count). The van der Waals surface area contributed by atoms with Gasteiger partial charge in [0.1, 0.15) is 0 Å². The van der Waals surface area contributed by atoms with Crippen molar-refractivity contribution >= 4 is 52.1 Å². The highest BCUT2D eigenvalue weighted by atomic mass is 35.5. The minimum absolute atomic E-state index is 0.116. The van der Waals surface area contributed by atoms with Crippen molar-refractivity contribution in [1.29, 1.82) is 0 Å². The number of carbonyl (C=O) groups is 2. The number of carbonyl (C=O) groups excluding carboxylic acids is 2. The normalized spacial score (nSPS) is 10.7. The molecule has 0 fully saturated rings. The second-order valence-corrected chi connectivity index (χ2v) is 6.83. The lowest BCUT2D eigenvalue weighted by molar-refractivity contribution is 0.111. The number of aryl methyl sites for hydroxylation is 2. The lowest BCUT2D eigenvalue weighted by atomic mass is 10.1. The van der Waals surface area contributed by atoms with Gasteiger partial charge in [-0.15, -0.1) is 0 Å². The lowest BCUT2D eigenvalue weighted by Gasteiger charge is -2.04. The Labute approximate surface area is 170 Å². The lowest BCUT2D eigenvalue weighted by Crippen LogP contribution is -1.96. The second-order valence-electron chi connectivity index (χ2n) is 6.46. The van der Waals surface area contributed by atoms with Gasteiger partial charge in [-0.05, 0) is 24.3 Å². The highest BCUT2D eigenvalue weighted by Gasteiger charge is 2.14. The van der Waals surface area contributed by atoms with Gasteiger partial charge in [-0.2, -0.15) is 0 Å². The van der Waals surface area contributed by atoms with E-state index in [4.69, 9.17) is 11.6 Å². The zero-order valence-electron chi connectivity index (χ0n) is 15.7. The van der Waals surface area contributed by atoms with Crippen molar-refractivity contribution in [2.75, 3.05) is 0 Å². The van der Waals surface area contributed by atoms with Gasteiger partial charge in [0.25, 0.3) is 0 Å². The number of aldehydes is 2. The van der Waals surface area contributed by atoms with Crippen LogP contribution in [0.1, 0.15) is 26.3 Å². The summed E-state index contributed by atoms with van der Waals surface area (Å²) in [6.45, 7) is 3.51. The van der Waals surface area contributed by atoms with Gasteiger partial charge in [-0.1, -0.05) is 24.3 Å². The van der Waals surface area contributed by atoms with Crippen molar-refractivity contribution in [1.82, 2.24) is 9.13 Å². The molecule has 2 aromatic heterocycles. The Bertz CT molecular complexity index is 1270. The molecule has 148 valence electrons. The molecule has 29 heavy (non-hydrogen) atoms. The minimum atomic E-state index is -0.543. The van der Waals surface area contributed by atoms with Crippen LogP contribution in [0.3, 0.4) is 0 Å². The van der Waals surface area contributed by atoms with E-state index in [1.807, 2.05) is 0 Å². The minimum Gasteiger partial charge on any atom is -0.348 e. The summed E-state index contributed by atoms with van der Waals surface area (Å²) < 4.78 is 30.9. The largest absolute Gasteiger partial charge is 0.348 e. The first-order valence-corrected chi connectivity index (χ1v) is 8.95. The van der Waals surface area contributed by atoms with Gasteiger partial charge in [0.2, 0.25) is 0 Å². The fourth-order valence-corrected chi connectivity index (χ4v) is 3.43. The summed E-state index contributed by atoms with van der Waals surface area (Å²) in [5.41, 5.74) is 1.69. The van der Waals surface area contributed by atoms with Crippen molar-refractivity contribution in [2.24, 2.45) is 14.1 Å². The molecule has 4 nitrogen and oxygen atoms in total. The van der Waals surface area contributed by atoms with Crippen LogP contribution < -0.4 is 0 Å². The monoisotopic (exact) mass is 414 g/mol. The molecule has 0 atom stereocenters. The number of hydrogen-bond donors (Lipinski definition) is 0. The summed E-state index contributed by atoms with van der Waals surface area (Å²) in [4.78, 5) is 21.3. The maximum Gasteiger partial charge on any atom is 0.166 e. The Morgan fingerprint density at radius 1 is 0.897 bits per heavy atom. The molecule has 0 saturated carbocycles. The molecule has 0 aliphatic rings. The van der Waals surface area contributed by atoms with Gasteiger partial charge in [-0.25, -0.2) is 8.78 Å². The third kappa shape index (κ3) is 3.47. The maximum absolute atomic E-state index is 14.0. The van der Waals surface area contributed by atoms with E-state index in [0.29, 0.717) is 34.6 Å². The zero-order chi connectivity index (χ0) is 21.3. The van der Waals surface area contributed by atoms with Gasteiger partial charge in [0.15, 0.2) is 24.2 Å². The Morgan fingerprint density at radius 2 is 1.38 bits per heavy atom. The van der Waals surface area contributed by atoms with Gasteiger partial charge in [0.05, 0.1) is 16.1 Å². The third-order valence-electron chi connectivity index (χ3n) is 4.70. The molecular formula is C22H17ClF2N2O2. The average molecular weight is 415 g/mol. The molecule has 0 bridgehead atoms. The topological polar surface area (TPSA) is 44.0 Å². The second kappa shape index (κ2) is 8.01. The number of hydrogen-bond acceptors (Lipinski definition) is 2. The summed E-state index contributed by atoms with van der Waals surface area (Å²) in [7, 11) is 3.49. The highest BCUT2D eigenvalue weighted by Crippen LogP contribution is 2.28. The van der Waals surface area contributed by atoms with Gasteiger partial charge in [-0.3, -0.25) is 9.59 Å². The van der Waals surface area contributed by atoms with Crippen molar-refractivity contribution < 1.29 is 18.4 Å². The van der Waals surface area contributed by atoms with E-state index in [-0.39, 0.29) is 16.1 Å². The number of rotatable bonds is 3. The molecule has 0 amide bonds. The van der Waals surface area contributed by atoms with Crippen molar-refractivity contribution in [2.45, 2.75) is 0 Å². The van der Waals surface area contributed by atoms with Crippen molar-refractivity contribution in [3.63, 3.8) is 0 Å². The number of benzene rings is 2. The highest BCUT2D eigenvalue weighted by molar-refractivity contribution is 6.34. The summed E-state index contributed by atoms with van der Waals surface area (Å²) in [5, 5.41) is 1.29. The first-order valence-electron chi connectivity index (χ1n) is 8.57. The van der Waals surface area contributed by atoms with Crippen LogP contribution in [0.5, 0.6) is 0 Å². The molecule has 2 heterocycles. The predicted molar refractivity (Wildman–Crippen MR) is 112 cm³/mol. The van der Waals surface area contributed by atoms with E-state index in [1.165, 1.54) is 6.08 Å². The predicted octanol–water partition coefficient (Wildman–Crippen LogP) is 5.56. The summed E-state index contributed by atoms with van der Waals surface area (Å²) in [5.74, 6) is -0.934. The van der Waals surface area contributed by atoms with Gasteiger partial charge < -0.3 is 9.13 Å². The molecular weight excluding hydrogens is 398 g/mol. The fraction of sp³-hybridized carbons (Fsp3) is 0.0909. The van der Waals surface area contributed by atoms with E-state index in [0.717, 1.165) is 5.39 Å². The van der Waals surface area contributed by atoms with E-state index in [9.17, 15) is 18.4 Å². The Balaban J connectivity index is 0.000000166. The molecule has 0 N–H and O–H groups in total. The Morgan fingerprint density at radius 3 is 1.86 bits per heavy atom. The number of aromatic nitrogens is 2. The molecule has 0 unspecified atom stereocenters. The molecule has 0 saturated heterocycles. The molecule has 0 radical (unpaired) electrons. The average Bonchev–Trinajstić information content (AvgIpc) is 3.27. The van der Waals surface area contributed by atoms with Gasteiger partial charge in [0, 0.05) is 54.0 Å². The van der Waals surface area contributed by atoms with Crippen molar-refractivity contribution in [3.8, 4) is 0 Å². The maximum atomic E-state index is 14.0. The van der Waals surface area contributed by atoms with Crippen LogP contribution in [0, 0.1) is 11.6 Å². The van der Waals surface area contributed by atoms with Gasteiger partial charge >= 0.3 is 0 Å².